The minimum atomic E-state index is -3.77. The highest BCUT2D eigenvalue weighted by Gasteiger charge is 2.22. The first-order valence-electron chi connectivity index (χ1n) is 5.57. The number of rotatable bonds is 4. The highest BCUT2D eigenvalue weighted by Crippen LogP contribution is 2.21. The fraction of sp³-hybridized carbons (Fsp3) is 0.400. The molecule has 9 heteroatoms. The zero-order valence-corrected chi connectivity index (χ0v) is 12.3. The lowest BCUT2D eigenvalue weighted by atomic mass is 10.4. The summed E-state index contributed by atoms with van der Waals surface area (Å²) in [5.74, 6) is 0.371. The number of aromatic amines is 1. The number of hydrogen-bond acceptors (Lipinski definition) is 5. The molecule has 19 heavy (non-hydrogen) atoms. The van der Waals surface area contributed by atoms with Gasteiger partial charge in [-0.25, -0.2) is 13.1 Å². The van der Waals surface area contributed by atoms with Gasteiger partial charge in [-0.1, -0.05) is 11.3 Å². The van der Waals surface area contributed by atoms with E-state index in [1.165, 1.54) is 6.20 Å². The van der Waals surface area contributed by atoms with Crippen molar-refractivity contribution in [1.82, 2.24) is 14.8 Å². The Morgan fingerprint density at radius 3 is 2.68 bits per heavy atom. The number of aryl methyl sites for hydroxylation is 1. The summed E-state index contributed by atoms with van der Waals surface area (Å²) in [6.45, 7) is 5.33. The summed E-state index contributed by atoms with van der Waals surface area (Å²) >= 11 is 0.666. The summed E-state index contributed by atoms with van der Waals surface area (Å²) in [7, 11) is -3.77. The summed E-state index contributed by atoms with van der Waals surface area (Å²) < 4.78 is 28.4. The Bertz CT molecular complexity index is 739. The lowest BCUT2D eigenvalue weighted by Crippen LogP contribution is -2.17. The van der Waals surface area contributed by atoms with Crippen molar-refractivity contribution in [2.45, 2.75) is 31.0 Å². The van der Waals surface area contributed by atoms with Crippen molar-refractivity contribution in [2.24, 2.45) is 0 Å². The van der Waals surface area contributed by atoms with Crippen LogP contribution in [0.1, 0.15) is 25.6 Å². The first kappa shape index (κ1) is 13.8. The van der Waals surface area contributed by atoms with Crippen molar-refractivity contribution in [3.8, 4) is 0 Å². The molecule has 0 saturated carbocycles. The third-order valence-electron chi connectivity index (χ3n) is 2.42. The molecule has 0 fully saturated rings. The molecule has 104 valence electrons. The molecule has 0 atom stereocenters. The van der Waals surface area contributed by atoms with Crippen molar-refractivity contribution < 1.29 is 8.42 Å². The minimum Gasteiger partial charge on any atom is -0.315 e. The van der Waals surface area contributed by atoms with Gasteiger partial charge in [0.2, 0.25) is 0 Å². The number of hydrogen-bond donors (Lipinski definition) is 2. The Hall–Kier alpha value is -1.61. The van der Waals surface area contributed by atoms with Gasteiger partial charge in [0, 0.05) is 17.8 Å². The van der Waals surface area contributed by atoms with Crippen LogP contribution in [0.25, 0.3) is 0 Å². The number of anilines is 1. The van der Waals surface area contributed by atoms with E-state index in [1.807, 2.05) is 13.8 Å². The Morgan fingerprint density at radius 2 is 2.16 bits per heavy atom. The van der Waals surface area contributed by atoms with E-state index in [0.717, 1.165) is 0 Å². The molecule has 0 aromatic carbocycles. The Morgan fingerprint density at radius 1 is 1.47 bits per heavy atom. The fourth-order valence-electron chi connectivity index (χ4n) is 1.64. The Balaban J connectivity index is 2.39. The van der Waals surface area contributed by atoms with Crippen LogP contribution in [0.5, 0.6) is 0 Å². The molecule has 2 heterocycles. The van der Waals surface area contributed by atoms with E-state index in [0.29, 0.717) is 22.8 Å². The van der Waals surface area contributed by atoms with Crippen molar-refractivity contribution in [2.75, 3.05) is 4.72 Å². The van der Waals surface area contributed by atoms with Crippen molar-refractivity contribution in [1.29, 1.82) is 0 Å². The van der Waals surface area contributed by atoms with Crippen LogP contribution in [0.3, 0.4) is 0 Å². The van der Waals surface area contributed by atoms with E-state index in [4.69, 9.17) is 0 Å². The zero-order valence-electron chi connectivity index (χ0n) is 10.7. The van der Waals surface area contributed by atoms with Gasteiger partial charge in [0.05, 0.1) is 6.20 Å². The van der Waals surface area contributed by atoms with E-state index in [-0.39, 0.29) is 10.3 Å². The molecule has 0 spiro atoms. The highest BCUT2D eigenvalue weighted by atomic mass is 32.2. The summed E-state index contributed by atoms with van der Waals surface area (Å²) in [5, 5.41) is 4.04. The van der Waals surface area contributed by atoms with Crippen LogP contribution in [-0.2, 0) is 10.0 Å². The average Bonchev–Trinajstić information content (AvgIpc) is 2.84. The average molecular weight is 302 g/mol. The van der Waals surface area contributed by atoms with Gasteiger partial charge >= 0.3 is 4.87 Å². The quantitative estimate of drug-likeness (QED) is 0.890. The second-order valence-electron chi connectivity index (χ2n) is 4.29. The molecular weight excluding hydrogens is 288 g/mol. The molecule has 2 N–H and O–H groups in total. The topological polar surface area (TPSA) is 96.8 Å². The SMILES string of the molecule is Cc1[nH]c(=O)sc1S(=O)(=O)Nc1ccnn1C(C)C. The van der Waals surface area contributed by atoms with Gasteiger partial charge < -0.3 is 4.98 Å². The molecule has 0 aliphatic heterocycles. The molecule has 0 radical (unpaired) electrons. The van der Waals surface area contributed by atoms with Gasteiger partial charge in [0.15, 0.2) is 4.21 Å². The molecule has 7 nitrogen and oxygen atoms in total. The van der Waals surface area contributed by atoms with Crippen molar-refractivity contribution in [3.05, 3.63) is 27.6 Å². The van der Waals surface area contributed by atoms with E-state index >= 15 is 0 Å². The minimum absolute atomic E-state index is 0.00555. The molecular formula is C10H14N4O3S2. The van der Waals surface area contributed by atoms with E-state index in [9.17, 15) is 13.2 Å². The molecule has 0 bridgehead atoms. The maximum Gasteiger partial charge on any atom is 0.306 e. The number of thiazole rings is 1. The smallest absolute Gasteiger partial charge is 0.306 e. The first-order chi connectivity index (χ1) is 8.81. The number of H-pyrrole nitrogens is 1. The Labute approximate surface area is 114 Å². The van der Waals surface area contributed by atoms with Crippen LogP contribution in [0.15, 0.2) is 21.3 Å². The number of nitrogens with one attached hydrogen (secondary N) is 2. The van der Waals surface area contributed by atoms with Gasteiger partial charge in [-0.05, 0) is 20.8 Å². The number of nitrogens with zero attached hydrogens (tertiary/aromatic N) is 2. The first-order valence-corrected chi connectivity index (χ1v) is 7.87. The molecule has 2 aromatic heterocycles. The molecule has 0 amide bonds. The molecule has 0 aliphatic carbocycles. The third kappa shape index (κ3) is 2.71. The van der Waals surface area contributed by atoms with Crippen LogP contribution in [-0.4, -0.2) is 23.2 Å². The summed E-state index contributed by atoms with van der Waals surface area (Å²) in [4.78, 5) is 13.2. The third-order valence-corrected chi connectivity index (χ3v) is 5.38. The monoisotopic (exact) mass is 302 g/mol. The number of sulfonamides is 1. The van der Waals surface area contributed by atoms with Crippen LogP contribution in [0, 0.1) is 6.92 Å². The summed E-state index contributed by atoms with van der Waals surface area (Å²) in [6.07, 6.45) is 1.52. The molecule has 2 aromatic rings. The highest BCUT2D eigenvalue weighted by molar-refractivity contribution is 7.94. The summed E-state index contributed by atoms with van der Waals surface area (Å²) in [6, 6.07) is 1.60. The van der Waals surface area contributed by atoms with Crippen LogP contribution < -0.4 is 9.60 Å². The predicted octanol–water partition coefficient (Wildman–Crippen LogP) is 1.32. The predicted molar refractivity (Wildman–Crippen MR) is 73.1 cm³/mol. The van der Waals surface area contributed by atoms with Crippen LogP contribution in [0.2, 0.25) is 0 Å². The summed E-state index contributed by atoms with van der Waals surface area (Å²) in [5.41, 5.74) is 0.332. The fourth-order valence-corrected chi connectivity index (χ4v) is 3.99. The van der Waals surface area contributed by atoms with Crippen molar-refractivity contribution in [3.63, 3.8) is 0 Å². The van der Waals surface area contributed by atoms with Gasteiger partial charge in [-0.15, -0.1) is 0 Å². The van der Waals surface area contributed by atoms with Crippen LogP contribution >= 0.6 is 11.3 Å². The maximum absolute atomic E-state index is 12.2. The van der Waals surface area contributed by atoms with Crippen molar-refractivity contribution >= 4 is 27.2 Å². The Kier molecular flexibility index (Phi) is 3.50. The van der Waals surface area contributed by atoms with E-state index in [1.54, 1.807) is 17.7 Å². The van der Waals surface area contributed by atoms with Gasteiger partial charge in [0.25, 0.3) is 10.0 Å². The normalized spacial score (nSPS) is 12.0. The largest absolute Gasteiger partial charge is 0.315 e. The van der Waals surface area contributed by atoms with E-state index < -0.39 is 14.9 Å². The van der Waals surface area contributed by atoms with Crippen LogP contribution in [0.4, 0.5) is 5.82 Å². The lowest BCUT2D eigenvalue weighted by molar-refractivity contribution is 0.539. The second kappa shape index (κ2) is 4.82. The molecule has 0 aliphatic rings. The lowest BCUT2D eigenvalue weighted by Gasteiger charge is -2.12. The van der Waals surface area contributed by atoms with Gasteiger partial charge in [0.1, 0.15) is 5.82 Å². The second-order valence-corrected chi connectivity index (χ2v) is 7.15. The maximum atomic E-state index is 12.2. The molecule has 0 unspecified atom stereocenters. The number of aromatic nitrogens is 3. The standard InChI is InChI=1S/C10H14N4O3S2/c1-6(2)14-8(4-5-11-14)13-19(16,17)9-7(3)12-10(15)18-9/h4-6,13H,1-3H3,(H,12,15). The van der Waals surface area contributed by atoms with Gasteiger partial charge in [-0.3, -0.25) is 9.52 Å². The molecule has 2 rings (SSSR count). The molecule has 0 saturated heterocycles. The van der Waals surface area contributed by atoms with E-state index in [2.05, 4.69) is 14.8 Å². The zero-order chi connectivity index (χ0) is 14.2. The van der Waals surface area contributed by atoms with Gasteiger partial charge in [-0.2, -0.15) is 5.10 Å².